The van der Waals surface area contributed by atoms with Crippen molar-refractivity contribution < 1.29 is 4.52 Å². The first kappa shape index (κ1) is 8.53. The Morgan fingerprint density at radius 3 is 2.77 bits per heavy atom. The second-order valence-electron chi connectivity index (χ2n) is 4.42. The lowest BCUT2D eigenvalue weighted by atomic mass is 9.82. The normalized spacial score (nSPS) is 26.5. The highest BCUT2D eigenvalue weighted by Crippen LogP contribution is 2.48. The Bertz CT molecular complexity index is 306. The molecule has 72 valence electrons. The molecule has 0 aliphatic heterocycles. The quantitative estimate of drug-likeness (QED) is 0.719. The summed E-state index contributed by atoms with van der Waals surface area (Å²) in [6, 6.07) is 0. The summed E-state index contributed by atoms with van der Waals surface area (Å²) in [4.78, 5) is 4.09. The number of nitrogen functional groups attached to an aromatic ring is 1. The van der Waals surface area contributed by atoms with Crippen LogP contribution in [0, 0.1) is 5.41 Å². The highest BCUT2D eigenvalue weighted by molar-refractivity contribution is 5.14. The monoisotopic (exact) mass is 181 g/mol. The first-order chi connectivity index (χ1) is 6.09. The smallest absolute Gasteiger partial charge is 0.260 e. The van der Waals surface area contributed by atoms with Crippen LogP contribution in [0.25, 0.3) is 0 Å². The molecule has 4 nitrogen and oxygen atoms in total. The van der Waals surface area contributed by atoms with Crippen LogP contribution in [0.1, 0.15) is 44.9 Å². The molecule has 0 bridgehead atoms. The highest BCUT2D eigenvalue weighted by atomic mass is 16.5. The largest absolute Gasteiger partial charge is 0.365 e. The summed E-state index contributed by atoms with van der Waals surface area (Å²) in [5, 5.41) is 3.62. The summed E-state index contributed by atoms with van der Waals surface area (Å²) in [6.45, 7) is 4.48. The van der Waals surface area contributed by atoms with E-state index in [0.717, 1.165) is 6.42 Å². The van der Waals surface area contributed by atoms with Crippen LogP contribution in [-0.2, 0) is 0 Å². The Hall–Kier alpha value is -1.06. The minimum absolute atomic E-state index is 0.248. The SMILES string of the molecule is CC1(C)CCCC1c1nc(N)no1. The molecule has 2 N–H and O–H groups in total. The van der Waals surface area contributed by atoms with Crippen molar-refractivity contribution in [1.82, 2.24) is 10.1 Å². The molecule has 0 spiro atoms. The average Bonchev–Trinajstić information content (AvgIpc) is 2.56. The third kappa shape index (κ3) is 1.41. The zero-order chi connectivity index (χ0) is 9.47. The minimum Gasteiger partial charge on any atom is -0.365 e. The van der Waals surface area contributed by atoms with Gasteiger partial charge >= 0.3 is 0 Å². The second-order valence-corrected chi connectivity index (χ2v) is 4.42. The Balaban J connectivity index is 2.26. The van der Waals surface area contributed by atoms with Crippen molar-refractivity contribution in [2.45, 2.75) is 39.0 Å². The van der Waals surface area contributed by atoms with Crippen LogP contribution in [0.15, 0.2) is 4.52 Å². The Labute approximate surface area is 77.5 Å². The molecule has 13 heavy (non-hydrogen) atoms. The van der Waals surface area contributed by atoms with Gasteiger partial charge in [-0.2, -0.15) is 4.98 Å². The predicted molar refractivity (Wildman–Crippen MR) is 49.1 cm³/mol. The van der Waals surface area contributed by atoms with Crippen LogP contribution in [0.2, 0.25) is 0 Å². The van der Waals surface area contributed by atoms with Gasteiger partial charge in [-0.15, -0.1) is 0 Å². The van der Waals surface area contributed by atoms with Gasteiger partial charge in [-0.1, -0.05) is 20.3 Å². The molecule has 1 aliphatic rings. The minimum atomic E-state index is 0.248. The molecule has 1 heterocycles. The molecule has 1 fully saturated rings. The number of hydrogen-bond acceptors (Lipinski definition) is 4. The van der Waals surface area contributed by atoms with Gasteiger partial charge in [0, 0.05) is 5.92 Å². The molecular weight excluding hydrogens is 166 g/mol. The maximum Gasteiger partial charge on any atom is 0.260 e. The van der Waals surface area contributed by atoms with E-state index in [1.165, 1.54) is 12.8 Å². The molecule has 1 aromatic rings. The molecule has 0 radical (unpaired) electrons. The van der Waals surface area contributed by atoms with E-state index in [1.807, 2.05) is 0 Å². The van der Waals surface area contributed by atoms with Crippen molar-refractivity contribution in [2.24, 2.45) is 5.41 Å². The van der Waals surface area contributed by atoms with Crippen LogP contribution < -0.4 is 5.73 Å². The fraction of sp³-hybridized carbons (Fsp3) is 0.778. The fourth-order valence-electron chi connectivity index (χ4n) is 2.17. The highest BCUT2D eigenvalue weighted by Gasteiger charge is 2.38. The van der Waals surface area contributed by atoms with Gasteiger partial charge in [0.25, 0.3) is 5.95 Å². The van der Waals surface area contributed by atoms with Crippen LogP contribution in [0.4, 0.5) is 5.95 Å². The molecule has 2 rings (SSSR count). The summed E-state index contributed by atoms with van der Waals surface area (Å²) < 4.78 is 5.10. The van der Waals surface area contributed by atoms with Crippen LogP contribution in [0.5, 0.6) is 0 Å². The summed E-state index contributed by atoms with van der Waals surface area (Å²) in [5.74, 6) is 1.34. The number of anilines is 1. The van der Waals surface area contributed by atoms with Gasteiger partial charge in [-0.3, -0.25) is 0 Å². The van der Waals surface area contributed by atoms with E-state index in [0.29, 0.717) is 11.8 Å². The lowest BCUT2D eigenvalue weighted by molar-refractivity contribution is 0.261. The maximum absolute atomic E-state index is 5.42. The Morgan fingerprint density at radius 2 is 2.31 bits per heavy atom. The molecule has 1 aromatic heterocycles. The molecule has 0 aromatic carbocycles. The molecule has 4 heteroatoms. The van der Waals surface area contributed by atoms with Crippen molar-refractivity contribution in [1.29, 1.82) is 0 Å². The van der Waals surface area contributed by atoms with E-state index < -0.39 is 0 Å². The van der Waals surface area contributed by atoms with Crippen LogP contribution >= 0.6 is 0 Å². The van der Waals surface area contributed by atoms with Gasteiger partial charge in [0.2, 0.25) is 5.89 Å². The van der Waals surface area contributed by atoms with Crippen molar-refractivity contribution >= 4 is 5.95 Å². The number of nitrogens with two attached hydrogens (primary N) is 1. The molecule has 1 atom stereocenters. The molecule has 1 unspecified atom stereocenters. The predicted octanol–water partition coefficient (Wildman–Crippen LogP) is 1.95. The first-order valence-corrected chi connectivity index (χ1v) is 4.69. The van der Waals surface area contributed by atoms with Gasteiger partial charge < -0.3 is 10.3 Å². The van der Waals surface area contributed by atoms with Gasteiger partial charge in [0.05, 0.1) is 0 Å². The van der Waals surface area contributed by atoms with E-state index in [1.54, 1.807) is 0 Å². The van der Waals surface area contributed by atoms with Gasteiger partial charge in [0.1, 0.15) is 0 Å². The van der Waals surface area contributed by atoms with Crippen LogP contribution in [-0.4, -0.2) is 10.1 Å². The molecule has 1 aliphatic carbocycles. The topological polar surface area (TPSA) is 64.9 Å². The Kier molecular flexibility index (Phi) is 1.78. The molecule has 0 amide bonds. The summed E-state index contributed by atoms with van der Waals surface area (Å²) in [6.07, 6.45) is 3.59. The van der Waals surface area contributed by atoms with Gasteiger partial charge in [0.15, 0.2) is 0 Å². The summed E-state index contributed by atoms with van der Waals surface area (Å²) >= 11 is 0. The fourth-order valence-corrected chi connectivity index (χ4v) is 2.17. The summed E-state index contributed by atoms with van der Waals surface area (Å²) in [5.41, 5.74) is 5.70. The first-order valence-electron chi connectivity index (χ1n) is 4.69. The average molecular weight is 181 g/mol. The standard InChI is InChI=1S/C9H15N3O/c1-9(2)5-3-4-6(9)7-11-8(10)12-13-7/h6H,3-5H2,1-2H3,(H2,10,12). The van der Waals surface area contributed by atoms with Crippen molar-refractivity contribution in [2.75, 3.05) is 5.73 Å². The molecular formula is C9H15N3O. The number of rotatable bonds is 1. The number of hydrogen-bond donors (Lipinski definition) is 1. The molecule has 0 saturated heterocycles. The number of aromatic nitrogens is 2. The van der Waals surface area contributed by atoms with Crippen LogP contribution in [0.3, 0.4) is 0 Å². The van der Waals surface area contributed by atoms with Crippen molar-refractivity contribution in [3.05, 3.63) is 5.89 Å². The third-order valence-electron chi connectivity index (χ3n) is 3.01. The van der Waals surface area contributed by atoms with Crippen molar-refractivity contribution in [3.63, 3.8) is 0 Å². The lowest BCUT2D eigenvalue weighted by Gasteiger charge is -2.23. The second kappa shape index (κ2) is 2.72. The van der Waals surface area contributed by atoms with E-state index >= 15 is 0 Å². The van der Waals surface area contributed by atoms with E-state index in [2.05, 4.69) is 24.0 Å². The number of nitrogens with zero attached hydrogens (tertiary/aromatic N) is 2. The zero-order valence-electron chi connectivity index (χ0n) is 8.08. The molecule has 1 saturated carbocycles. The van der Waals surface area contributed by atoms with Crippen molar-refractivity contribution in [3.8, 4) is 0 Å². The summed E-state index contributed by atoms with van der Waals surface area (Å²) in [7, 11) is 0. The van der Waals surface area contributed by atoms with E-state index in [9.17, 15) is 0 Å². The maximum atomic E-state index is 5.42. The van der Waals surface area contributed by atoms with Gasteiger partial charge in [-0.25, -0.2) is 0 Å². The van der Waals surface area contributed by atoms with E-state index in [-0.39, 0.29) is 11.4 Å². The Morgan fingerprint density at radius 1 is 1.54 bits per heavy atom. The van der Waals surface area contributed by atoms with E-state index in [4.69, 9.17) is 10.3 Å². The zero-order valence-corrected chi connectivity index (χ0v) is 8.08. The van der Waals surface area contributed by atoms with Gasteiger partial charge in [-0.05, 0) is 23.4 Å². The lowest BCUT2D eigenvalue weighted by Crippen LogP contribution is -2.15. The third-order valence-corrected chi connectivity index (χ3v) is 3.01.